The number of rotatable bonds is 43. The van der Waals surface area contributed by atoms with E-state index < -0.39 is 132 Å². The third kappa shape index (κ3) is 33.7. The Bertz CT molecular complexity index is 3410. The molecule has 1 aliphatic heterocycles. The quantitative estimate of drug-likeness (QED) is 0.0359. The third-order valence-corrected chi connectivity index (χ3v) is 18.9. The lowest BCUT2D eigenvalue weighted by atomic mass is 9.77. The van der Waals surface area contributed by atoms with Crippen molar-refractivity contribution in [1.29, 1.82) is 0 Å². The number of carbonyl (C=O) groups excluding carboxylic acids is 8. The summed E-state index contributed by atoms with van der Waals surface area (Å²) in [5, 5.41) is 77.8. The second-order valence-electron chi connectivity index (χ2n) is 27.9. The normalized spacial score (nSPS) is 17.3. The van der Waals surface area contributed by atoms with Crippen molar-refractivity contribution in [3.63, 3.8) is 0 Å². The highest BCUT2D eigenvalue weighted by molar-refractivity contribution is 5.93. The van der Waals surface area contributed by atoms with Crippen molar-refractivity contribution in [2.24, 2.45) is 23.7 Å². The molecule has 1 aliphatic carbocycles. The minimum absolute atomic E-state index is 0. The summed E-state index contributed by atoms with van der Waals surface area (Å²) < 4.78 is 0. The van der Waals surface area contributed by atoms with Crippen LogP contribution in [0.15, 0.2) is 66.7 Å². The lowest BCUT2D eigenvalue weighted by molar-refractivity contribution is -0.306. The Labute approximate surface area is 618 Å². The van der Waals surface area contributed by atoms with Gasteiger partial charge in [0.25, 0.3) is 0 Å². The van der Waals surface area contributed by atoms with Gasteiger partial charge in [0, 0.05) is 96.7 Å². The largest absolute Gasteiger partial charge is 0.481 e. The fraction of sp³-hybridized carbons (Fsp3) is 0.595. The Morgan fingerprint density at radius 3 is 1.45 bits per heavy atom. The summed E-state index contributed by atoms with van der Waals surface area (Å²) in [6.07, 6.45) is 2.64. The Morgan fingerprint density at radius 2 is 0.953 bits per heavy atom. The number of amides is 8. The van der Waals surface area contributed by atoms with Crippen molar-refractivity contribution < 1.29 is 103 Å². The van der Waals surface area contributed by atoms with E-state index in [4.69, 9.17) is 5.11 Å². The van der Waals surface area contributed by atoms with Crippen LogP contribution in [-0.4, -0.2) is 256 Å². The molecule has 1 heterocycles. The fourth-order valence-electron chi connectivity index (χ4n) is 12.9. The van der Waals surface area contributed by atoms with Crippen molar-refractivity contribution in [2.75, 3.05) is 98.2 Å². The second-order valence-corrected chi connectivity index (χ2v) is 27.9. The highest BCUT2D eigenvalue weighted by atomic mass is 16.4. The van der Waals surface area contributed by atoms with Crippen molar-refractivity contribution >= 4 is 93.8 Å². The first-order valence-electron chi connectivity index (χ1n) is 36.1. The molecule has 5 rings (SSSR count). The third-order valence-electron chi connectivity index (χ3n) is 18.9. The predicted octanol–water partition coefficient (Wildman–Crippen LogP) is 1.77. The number of urea groups is 1. The molecule has 0 bridgehead atoms. The van der Waals surface area contributed by atoms with Crippen LogP contribution in [0.2, 0.25) is 0 Å². The summed E-state index contributed by atoms with van der Waals surface area (Å²) in [7, 11) is 0. The molecule has 1 saturated heterocycles. The number of nitrogens with one attached hydrogen (secondary N) is 7. The molecule has 0 spiro atoms. The van der Waals surface area contributed by atoms with Gasteiger partial charge in [0.2, 0.25) is 29.5 Å². The Kier molecular flexibility index (Phi) is 39.0. The molecule has 2 fully saturated rings. The van der Waals surface area contributed by atoms with Crippen LogP contribution in [0.4, 0.5) is 4.79 Å². The van der Waals surface area contributed by atoms with E-state index in [1.54, 1.807) is 26.5 Å². The number of quaternary nitrogens is 1. The maximum Gasteiger partial charge on any atom is 0.326 e. The van der Waals surface area contributed by atoms with Gasteiger partial charge in [-0.05, 0) is 130 Å². The Hall–Kier alpha value is -9.50. The van der Waals surface area contributed by atoms with E-state index in [1.165, 1.54) is 0 Å². The van der Waals surface area contributed by atoms with E-state index in [0.29, 0.717) is 38.0 Å². The molecule has 3 aromatic rings. The molecule has 3 aromatic carbocycles. The van der Waals surface area contributed by atoms with Crippen molar-refractivity contribution in [3.05, 3.63) is 83.4 Å². The summed E-state index contributed by atoms with van der Waals surface area (Å²) in [5.74, 6) is -12.3. The number of unbranched alkanes of at least 4 members (excludes halogenated alkanes) is 2. The average Bonchev–Trinajstić information content (AvgIpc) is 0.850. The van der Waals surface area contributed by atoms with E-state index in [-0.39, 0.29) is 169 Å². The Balaban J connectivity index is 0.0000238. The van der Waals surface area contributed by atoms with E-state index >= 15 is 0 Å². The number of aliphatic carboxylic acids is 6. The van der Waals surface area contributed by atoms with E-state index in [0.717, 1.165) is 33.9 Å². The van der Waals surface area contributed by atoms with Gasteiger partial charge in [0.05, 0.1) is 38.5 Å². The van der Waals surface area contributed by atoms with Gasteiger partial charge in [-0.2, -0.15) is 0 Å². The molecule has 106 heavy (non-hydrogen) atoms. The van der Waals surface area contributed by atoms with Crippen LogP contribution >= 0.6 is 0 Å². The fourth-order valence-corrected chi connectivity index (χ4v) is 12.9. The van der Waals surface area contributed by atoms with Crippen LogP contribution in [0.5, 0.6) is 0 Å². The molecule has 6 unspecified atom stereocenters. The highest BCUT2D eigenvalue weighted by Gasteiger charge is 2.33. The van der Waals surface area contributed by atoms with Gasteiger partial charge in [0.1, 0.15) is 30.0 Å². The SMILES string of the molecule is C.CC(C)Cc1ccc(C(C)C(=O)NC(CC([NH3+])=O)C(=O)NCCCCC(NC(=O)CN2CCN(CC(=O)O)CCN(CC(=O)O)CCN(CC(=O)O)CC2)C(=O)NCC2CCC(C(=O)CC(Cc3ccc4ccccc4c3)C(=O)NCCCCC(NC(=O)NC(CCC(=O)O)C(=O)O)C(=O)O)CC2)cc1. The number of carboxylic acids is 6. The van der Waals surface area contributed by atoms with Gasteiger partial charge < -0.3 is 67.9 Å². The van der Waals surface area contributed by atoms with Crippen LogP contribution in [0.1, 0.15) is 141 Å². The first kappa shape index (κ1) is 88.9. The average molecular weight is 1490 g/mol. The van der Waals surface area contributed by atoms with Crippen LogP contribution < -0.4 is 43.0 Å². The lowest BCUT2D eigenvalue weighted by Crippen LogP contribution is -2.61. The zero-order valence-electron chi connectivity index (χ0n) is 60.4. The minimum atomic E-state index is -1.58. The molecule has 8 amide bonds. The van der Waals surface area contributed by atoms with Crippen molar-refractivity contribution in [3.8, 4) is 0 Å². The number of carboxylic acid groups (broad SMARTS) is 6. The molecular weight excluding hydrogens is 1380 g/mol. The molecule has 0 radical (unpaired) electrons. The van der Waals surface area contributed by atoms with Gasteiger partial charge in [-0.3, -0.25) is 73.3 Å². The number of ketones is 1. The van der Waals surface area contributed by atoms with Crippen LogP contribution in [0.25, 0.3) is 10.8 Å². The zero-order valence-corrected chi connectivity index (χ0v) is 60.4. The summed E-state index contributed by atoms with van der Waals surface area (Å²) in [6.45, 7) is 6.04. The molecule has 32 heteroatoms. The standard InChI is InChI=1S/C73H106N12O20.CH4/c1-46(2)36-48-14-19-51(20-15-48)47(3)67(97)79-59(40-61(74)87)70(100)76-27-8-6-12-56(78-62(88)42-82-28-30-83(43-64(91)92)32-34-85(45-66(95)96)35-33-84(31-29-82)44-65(93)94)69(99)77-41-49-16-22-53(23-17-49)60(86)39-55(38-50-18-21-52-10-4-5-11-54(52)37-50)68(98)75-26-9-7-13-57(71(101)102)80-73(105)81-58(72(103)104)24-25-63(89)90;/h4-5,10-11,14-15,18-21,37,46-47,49,53,55-59H,6-9,12-13,16-17,22-36,38-45H2,1-3H3,(H2,74,87)(H,75,98)(H,76,100)(H,77,99)(H,78,88)(H,79,97)(H,89,90)(H,91,92)(H,93,94)(H,95,96)(H,101,102)(H,103,104)(H2,80,81,105);1H4/p+1. The predicted molar refractivity (Wildman–Crippen MR) is 390 cm³/mol. The molecule has 1 saturated carbocycles. The molecule has 16 N–H and O–H groups in total. The topological polar surface area (TPSA) is 485 Å². The Morgan fingerprint density at radius 1 is 0.472 bits per heavy atom. The number of fused-ring (bicyclic) bond motifs is 1. The summed E-state index contributed by atoms with van der Waals surface area (Å²) in [5.41, 5.74) is 6.08. The van der Waals surface area contributed by atoms with Gasteiger partial charge in [-0.25, -0.2) is 19.2 Å². The van der Waals surface area contributed by atoms with Gasteiger partial charge in [-0.1, -0.05) is 88.0 Å². The van der Waals surface area contributed by atoms with Gasteiger partial charge >= 0.3 is 47.8 Å². The first-order valence-corrected chi connectivity index (χ1v) is 36.1. The van der Waals surface area contributed by atoms with E-state index in [2.05, 4.69) is 56.8 Å². The maximum absolute atomic E-state index is 14.4. The molecule has 6 atom stereocenters. The lowest BCUT2D eigenvalue weighted by Gasteiger charge is -2.33. The highest BCUT2D eigenvalue weighted by Crippen LogP contribution is 2.32. The summed E-state index contributed by atoms with van der Waals surface area (Å²) in [4.78, 5) is 186. The number of hydrogen-bond acceptors (Lipinski definition) is 18. The summed E-state index contributed by atoms with van der Waals surface area (Å²) in [6, 6.07) is 14.6. The van der Waals surface area contributed by atoms with E-state index in [1.807, 2.05) is 66.7 Å². The monoisotopic (exact) mass is 1490 g/mol. The van der Waals surface area contributed by atoms with Gasteiger partial charge in [0.15, 0.2) is 0 Å². The number of nitrogens with zero attached hydrogens (tertiary/aromatic N) is 4. The van der Waals surface area contributed by atoms with Crippen LogP contribution in [0, 0.1) is 23.7 Å². The van der Waals surface area contributed by atoms with Crippen molar-refractivity contribution in [2.45, 2.75) is 161 Å². The smallest absolute Gasteiger partial charge is 0.326 e. The molecule has 0 aromatic heterocycles. The molecule has 32 nitrogen and oxygen atoms in total. The first-order chi connectivity index (χ1) is 49.9. The summed E-state index contributed by atoms with van der Waals surface area (Å²) >= 11 is 0. The van der Waals surface area contributed by atoms with Gasteiger partial charge in [-0.15, -0.1) is 0 Å². The molecule has 586 valence electrons. The molecular formula is C74H111N12O20+. The van der Waals surface area contributed by atoms with Crippen molar-refractivity contribution in [1.82, 2.24) is 56.8 Å². The zero-order chi connectivity index (χ0) is 77.1. The van der Waals surface area contributed by atoms with E-state index in [9.17, 15) is 92.7 Å². The number of hydrogen-bond donors (Lipinski definition) is 14. The number of Topliss-reactive ketones (excluding diaryl/α,β-unsaturated/α-hetero) is 1. The van der Waals surface area contributed by atoms with Crippen LogP contribution in [0.3, 0.4) is 0 Å². The second kappa shape index (κ2) is 46.5. The number of benzene rings is 3. The molecule has 2 aliphatic rings. The van der Waals surface area contributed by atoms with Crippen LogP contribution in [-0.2, 0) is 75.2 Å². The number of carbonyl (C=O) groups is 14. The maximum atomic E-state index is 14.4. The minimum Gasteiger partial charge on any atom is -0.481 e.